The molecule has 0 aromatic heterocycles. The number of Topliss-reactive ketones (excluding diaryl/α,β-unsaturated/α-hetero) is 1. The van der Waals surface area contributed by atoms with Gasteiger partial charge in [-0.05, 0) is 87.2 Å². The van der Waals surface area contributed by atoms with Crippen molar-refractivity contribution in [2.24, 2.45) is 10.9 Å². The predicted octanol–water partition coefficient (Wildman–Crippen LogP) is 5.33. The molecule has 1 aliphatic heterocycles. The molecular formula is C29H32ClN3O5. The van der Waals surface area contributed by atoms with Gasteiger partial charge in [-0.1, -0.05) is 29.8 Å². The number of ether oxygens (including phenoxy) is 1. The highest BCUT2D eigenvalue weighted by atomic mass is 35.5. The summed E-state index contributed by atoms with van der Waals surface area (Å²) >= 11 is 6.16. The number of carboxylic acids is 1. The molecule has 4 rings (SSSR count). The summed E-state index contributed by atoms with van der Waals surface area (Å²) in [4.78, 5) is 42.9. The Bertz CT molecular complexity index is 1230. The summed E-state index contributed by atoms with van der Waals surface area (Å²) in [6.07, 6.45) is 8.01. The van der Waals surface area contributed by atoms with E-state index in [-0.39, 0.29) is 30.7 Å². The number of hydrogen-bond donors (Lipinski definition) is 2. The number of allylic oxidation sites excluding steroid dienone is 1. The van der Waals surface area contributed by atoms with Crippen LogP contribution >= 0.6 is 11.6 Å². The Morgan fingerprint density at radius 3 is 2.68 bits per heavy atom. The molecule has 0 saturated carbocycles. The summed E-state index contributed by atoms with van der Waals surface area (Å²) in [5.74, 6) is -1.33. The lowest BCUT2D eigenvalue weighted by atomic mass is 9.87. The summed E-state index contributed by atoms with van der Waals surface area (Å²) in [7, 11) is 0. The molecule has 1 aliphatic carbocycles. The molecule has 2 N–H and O–H groups in total. The van der Waals surface area contributed by atoms with Gasteiger partial charge in [0.05, 0.1) is 12.6 Å². The number of nitrogens with zero attached hydrogens (tertiary/aromatic N) is 2. The molecule has 0 saturated heterocycles. The van der Waals surface area contributed by atoms with Gasteiger partial charge >= 0.3 is 12.0 Å². The van der Waals surface area contributed by atoms with Crippen molar-refractivity contribution in [1.82, 2.24) is 10.2 Å². The third-order valence-corrected chi connectivity index (χ3v) is 7.02. The topological polar surface area (TPSA) is 108 Å². The molecule has 2 aromatic rings. The molecule has 8 nitrogen and oxygen atoms in total. The van der Waals surface area contributed by atoms with Crippen LogP contribution in [0.5, 0.6) is 5.75 Å². The Morgan fingerprint density at radius 1 is 1.21 bits per heavy atom. The Balaban J connectivity index is 1.30. The number of carboxylic acid groups (broad SMARTS) is 1. The third-order valence-electron chi connectivity index (χ3n) is 6.79. The van der Waals surface area contributed by atoms with E-state index < -0.39 is 24.0 Å². The predicted molar refractivity (Wildman–Crippen MR) is 146 cm³/mol. The largest absolute Gasteiger partial charge is 0.486 e. The van der Waals surface area contributed by atoms with Gasteiger partial charge in [-0.25, -0.2) is 9.79 Å². The van der Waals surface area contributed by atoms with Gasteiger partial charge in [-0.15, -0.1) is 0 Å². The van der Waals surface area contributed by atoms with Crippen LogP contribution in [-0.4, -0.2) is 59.2 Å². The van der Waals surface area contributed by atoms with Crippen LogP contribution in [0.1, 0.15) is 54.6 Å². The quantitative estimate of drug-likeness (QED) is 0.228. The molecule has 1 heterocycles. The van der Waals surface area contributed by atoms with Gasteiger partial charge in [-0.3, -0.25) is 9.59 Å². The normalized spacial score (nSPS) is 21.2. The Hall–Kier alpha value is -3.49. The van der Waals surface area contributed by atoms with Crippen molar-refractivity contribution in [2.45, 2.75) is 44.8 Å². The summed E-state index contributed by atoms with van der Waals surface area (Å²) in [6.45, 7) is 2.45. The van der Waals surface area contributed by atoms with Crippen LogP contribution in [-0.2, 0) is 4.79 Å². The number of urea groups is 1. The minimum atomic E-state index is -1.05. The fourth-order valence-corrected chi connectivity index (χ4v) is 5.07. The second-order valence-electron chi connectivity index (χ2n) is 9.54. The average molecular weight is 538 g/mol. The van der Waals surface area contributed by atoms with Crippen LogP contribution < -0.4 is 10.1 Å². The van der Waals surface area contributed by atoms with E-state index in [0.717, 1.165) is 25.0 Å². The second-order valence-corrected chi connectivity index (χ2v) is 9.97. The van der Waals surface area contributed by atoms with Gasteiger partial charge in [0.2, 0.25) is 0 Å². The van der Waals surface area contributed by atoms with E-state index in [4.69, 9.17) is 16.3 Å². The minimum Gasteiger partial charge on any atom is -0.486 e. The highest BCUT2D eigenvalue weighted by Crippen LogP contribution is 2.35. The monoisotopic (exact) mass is 537 g/mol. The van der Waals surface area contributed by atoms with Crippen LogP contribution in [0, 0.1) is 5.92 Å². The molecule has 9 heteroatoms. The van der Waals surface area contributed by atoms with Gasteiger partial charge in [0, 0.05) is 22.8 Å². The smallest absolute Gasteiger partial charge is 0.344 e. The lowest BCUT2D eigenvalue weighted by Gasteiger charge is -2.38. The molecule has 200 valence electrons. The van der Waals surface area contributed by atoms with E-state index in [9.17, 15) is 19.5 Å². The van der Waals surface area contributed by atoms with Crippen molar-refractivity contribution >= 4 is 35.1 Å². The number of rotatable bonds is 11. The highest BCUT2D eigenvalue weighted by Gasteiger charge is 2.42. The number of hydrogen-bond acceptors (Lipinski definition) is 5. The fourth-order valence-electron chi connectivity index (χ4n) is 4.88. The maximum Gasteiger partial charge on any atom is 0.344 e. The number of carbonyl (C=O) groups excluding carboxylic acids is 2. The number of aliphatic imine (C=N–C) groups is 1. The van der Waals surface area contributed by atoms with Gasteiger partial charge in [0.1, 0.15) is 17.8 Å². The molecular weight excluding hydrogens is 506 g/mol. The maximum absolute atomic E-state index is 12.8. The van der Waals surface area contributed by atoms with Crippen LogP contribution in [0.2, 0.25) is 5.02 Å². The molecule has 0 bridgehead atoms. The third kappa shape index (κ3) is 6.88. The lowest BCUT2D eigenvalue weighted by Crippen LogP contribution is -2.47. The molecule has 3 unspecified atom stereocenters. The molecule has 0 fully saturated rings. The molecule has 0 spiro atoms. The number of amides is 2. The molecule has 2 amide bonds. The summed E-state index contributed by atoms with van der Waals surface area (Å²) in [5, 5.41) is 13.5. The summed E-state index contributed by atoms with van der Waals surface area (Å²) in [5.41, 5.74) is 1.49. The second kappa shape index (κ2) is 12.8. The Morgan fingerprint density at radius 2 is 2.00 bits per heavy atom. The van der Waals surface area contributed by atoms with Crippen molar-refractivity contribution in [3.8, 4) is 5.75 Å². The van der Waals surface area contributed by atoms with Crippen molar-refractivity contribution < 1.29 is 24.2 Å². The first-order valence-electron chi connectivity index (χ1n) is 12.8. The van der Waals surface area contributed by atoms with Crippen LogP contribution in [0.15, 0.2) is 65.7 Å². The minimum absolute atomic E-state index is 0.0499. The Labute approximate surface area is 227 Å². The van der Waals surface area contributed by atoms with Crippen LogP contribution in [0.4, 0.5) is 4.79 Å². The fraction of sp³-hybridized carbons (Fsp3) is 0.379. The number of carbonyl (C=O) groups is 3. The summed E-state index contributed by atoms with van der Waals surface area (Å²) in [6, 6.07) is 12.8. The average Bonchev–Trinajstić information content (AvgIpc) is 2.90. The Kier molecular flexibility index (Phi) is 9.31. The van der Waals surface area contributed by atoms with Crippen molar-refractivity contribution in [2.75, 3.05) is 19.6 Å². The standard InChI is InChI=1S/C29H32ClN3O5/c1-19-26(28(35)36)27(21-7-5-8-22(30)17-21)33(29(37)32-19)16-6-15-31-18-25(34)20-11-13-24(14-12-20)38-23-9-3-2-4-10-23/h3,5,7-9,11-14,17,23,26-27,31H,2,4,6,10,15-16,18H2,1H3,(H,35,36). The summed E-state index contributed by atoms with van der Waals surface area (Å²) < 4.78 is 5.95. The van der Waals surface area contributed by atoms with E-state index in [0.29, 0.717) is 29.1 Å². The first kappa shape index (κ1) is 27.5. The van der Waals surface area contributed by atoms with Crippen LogP contribution in [0.3, 0.4) is 0 Å². The number of benzene rings is 2. The zero-order valence-corrected chi connectivity index (χ0v) is 22.1. The van der Waals surface area contributed by atoms with Crippen molar-refractivity contribution in [3.05, 3.63) is 76.8 Å². The molecule has 38 heavy (non-hydrogen) atoms. The maximum atomic E-state index is 12.8. The first-order chi connectivity index (χ1) is 18.3. The number of ketones is 1. The molecule has 2 aliphatic rings. The molecule has 2 aromatic carbocycles. The van der Waals surface area contributed by atoms with Gasteiger partial charge in [0.25, 0.3) is 0 Å². The SMILES string of the molecule is CC1=NC(=O)N(CCCNCC(=O)c2ccc(OC3C=CCCC3)cc2)C(c2cccc(Cl)c2)C1C(=O)O. The van der Waals surface area contributed by atoms with E-state index in [2.05, 4.69) is 22.5 Å². The molecule has 0 radical (unpaired) electrons. The number of halogens is 1. The molecule has 3 atom stereocenters. The van der Waals surface area contributed by atoms with Crippen molar-refractivity contribution in [1.29, 1.82) is 0 Å². The van der Waals surface area contributed by atoms with Gasteiger partial charge in [-0.2, -0.15) is 0 Å². The van der Waals surface area contributed by atoms with Crippen molar-refractivity contribution in [3.63, 3.8) is 0 Å². The van der Waals surface area contributed by atoms with Crippen LogP contribution in [0.25, 0.3) is 0 Å². The van der Waals surface area contributed by atoms with E-state index in [1.807, 2.05) is 12.1 Å². The zero-order valence-electron chi connectivity index (χ0n) is 21.3. The highest BCUT2D eigenvalue weighted by molar-refractivity contribution is 6.30. The van der Waals surface area contributed by atoms with E-state index in [1.165, 1.54) is 4.90 Å². The lowest BCUT2D eigenvalue weighted by molar-refractivity contribution is -0.141. The first-order valence-corrected chi connectivity index (χ1v) is 13.2. The van der Waals surface area contributed by atoms with Gasteiger partial charge in [0.15, 0.2) is 5.78 Å². The zero-order chi connectivity index (χ0) is 27.1. The number of nitrogens with one attached hydrogen (secondary N) is 1. The van der Waals surface area contributed by atoms with Gasteiger partial charge < -0.3 is 20.1 Å². The van der Waals surface area contributed by atoms with E-state index >= 15 is 0 Å². The number of aliphatic carboxylic acids is 1. The van der Waals surface area contributed by atoms with E-state index in [1.54, 1.807) is 43.3 Å².